The summed E-state index contributed by atoms with van der Waals surface area (Å²) in [4.78, 5) is 51.7. The smallest absolute Gasteiger partial charge is 0.338 e. The molecule has 4 atom stereocenters. The van der Waals surface area contributed by atoms with Crippen molar-refractivity contribution in [3.05, 3.63) is 59.7 Å². The van der Waals surface area contributed by atoms with Gasteiger partial charge in [-0.1, -0.05) is 25.1 Å². The van der Waals surface area contributed by atoms with E-state index in [0.29, 0.717) is 18.5 Å². The summed E-state index contributed by atoms with van der Waals surface area (Å²) in [5.74, 6) is -2.94. The number of rotatable bonds is 6. The van der Waals surface area contributed by atoms with Crippen LogP contribution in [0.2, 0.25) is 0 Å². The van der Waals surface area contributed by atoms with Gasteiger partial charge in [-0.2, -0.15) is 0 Å². The lowest BCUT2D eigenvalue weighted by molar-refractivity contribution is -0.122. The number of hydrogen-bond acceptors (Lipinski definition) is 5. The summed E-state index contributed by atoms with van der Waals surface area (Å²) in [6.07, 6.45) is 1.56. The molecule has 0 radical (unpaired) electrons. The maximum atomic E-state index is 12.9. The third-order valence-corrected chi connectivity index (χ3v) is 7.33. The van der Waals surface area contributed by atoms with Crippen LogP contribution in [-0.2, 0) is 25.5 Å². The topological polar surface area (TPSA) is 92.8 Å². The molecule has 3 amide bonds. The predicted octanol–water partition coefficient (Wildman–Crippen LogP) is 4.16. The van der Waals surface area contributed by atoms with Crippen LogP contribution in [0, 0.1) is 11.8 Å². The molecule has 178 valence electrons. The molecule has 7 nitrogen and oxygen atoms in total. The minimum atomic E-state index is -0.739. The summed E-state index contributed by atoms with van der Waals surface area (Å²) >= 11 is 12.4. The summed E-state index contributed by atoms with van der Waals surface area (Å²) in [5, 5.41) is 1.91. The zero-order chi connectivity index (χ0) is 24.4. The van der Waals surface area contributed by atoms with Gasteiger partial charge in [-0.25, -0.2) is 4.79 Å². The lowest BCUT2D eigenvalue weighted by Gasteiger charge is -2.28. The van der Waals surface area contributed by atoms with Crippen LogP contribution in [0.4, 0.5) is 11.4 Å². The summed E-state index contributed by atoms with van der Waals surface area (Å²) < 4.78 is 5.13. The van der Waals surface area contributed by atoms with E-state index in [1.807, 2.05) is 19.1 Å². The number of halogens is 2. The predicted molar refractivity (Wildman–Crippen MR) is 129 cm³/mol. The molecule has 1 aliphatic heterocycles. The van der Waals surface area contributed by atoms with Crippen LogP contribution >= 0.6 is 23.2 Å². The Hall–Kier alpha value is -2.90. The molecule has 2 fully saturated rings. The molecule has 1 heterocycles. The quantitative estimate of drug-likeness (QED) is 0.363. The maximum Gasteiger partial charge on any atom is 0.338 e. The van der Waals surface area contributed by atoms with E-state index in [4.69, 9.17) is 27.9 Å². The van der Waals surface area contributed by atoms with Gasteiger partial charge < -0.3 is 10.1 Å². The summed E-state index contributed by atoms with van der Waals surface area (Å²) in [6.45, 7) is 1.56. The number of carbonyl (C=O) groups excluding carboxylic acids is 4. The van der Waals surface area contributed by atoms with Crippen LogP contribution in [-0.4, -0.2) is 41.1 Å². The lowest BCUT2D eigenvalue weighted by atomic mass is 9.80. The van der Waals surface area contributed by atoms with Gasteiger partial charge >= 0.3 is 5.97 Å². The fourth-order valence-corrected chi connectivity index (χ4v) is 4.95. The van der Waals surface area contributed by atoms with E-state index in [1.165, 1.54) is 12.1 Å². The van der Waals surface area contributed by atoms with Gasteiger partial charge in [0.2, 0.25) is 11.8 Å². The summed E-state index contributed by atoms with van der Waals surface area (Å²) in [5.41, 5.74) is 2.14. The van der Waals surface area contributed by atoms with Crippen molar-refractivity contribution in [3.63, 3.8) is 0 Å². The van der Waals surface area contributed by atoms with Gasteiger partial charge in [0.1, 0.15) is 0 Å². The first kappa shape index (κ1) is 24.2. The first-order valence-corrected chi connectivity index (χ1v) is 12.0. The average molecular weight is 503 g/mol. The molecule has 1 saturated heterocycles. The van der Waals surface area contributed by atoms with E-state index in [2.05, 4.69) is 5.32 Å². The van der Waals surface area contributed by atoms with Crippen LogP contribution < -0.4 is 10.2 Å². The van der Waals surface area contributed by atoms with Gasteiger partial charge in [-0.05, 0) is 55.2 Å². The third kappa shape index (κ3) is 4.95. The zero-order valence-electron chi connectivity index (χ0n) is 18.5. The number of hydrogen-bond donors (Lipinski definition) is 1. The Kier molecular flexibility index (Phi) is 7.24. The van der Waals surface area contributed by atoms with Gasteiger partial charge in [0.05, 0.1) is 33.8 Å². The fraction of sp³-hybridized carbons (Fsp3) is 0.360. The Morgan fingerprint density at radius 3 is 2.21 bits per heavy atom. The van der Waals surface area contributed by atoms with Crippen molar-refractivity contribution in [2.24, 2.45) is 11.8 Å². The summed E-state index contributed by atoms with van der Waals surface area (Å²) in [6, 6.07) is 13.4. The molecule has 9 heteroatoms. The molecule has 0 bridgehead atoms. The largest absolute Gasteiger partial charge is 0.452 e. The average Bonchev–Trinajstić information content (AvgIpc) is 3.07. The molecule has 34 heavy (non-hydrogen) atoms. The molecule has 1 aliphatic carbocycles. The number of nitrogens with one attached hydrogen (secondary N) is 1. The Balaban J connectivity index is 1.40. The number of esters is 1. The number of amides is 3. The van der Waals surface area contributed by atoms with Crippen molar-refractivity contribution in [1.29, 1.82) is 0 Å². The van der Waals surface area contributed by atoms with Gasteiger partial charge in [0.15, 0.2) is 6.61 Å². The minimum absolute atomic E-state index is 0.124. The number of fused-ring (bicyclic) bond motifs is 1. The van der Waals surface area contributed by atoms with E-state index in [-0.39, 0.29) is 33.8 Å². The van der Waals surface area contributed by atoms with Crippen molar-refractivity contribution < 1.29 is 23.9 Å². The molecule has 4 rings (SSSR count). The van der Waals surface area contributed by atoms with E-state index in [1.54, 1.807) is 24.3 Å². The Morgan fingerprint density at radius 2 is 1.62 bits per heavy atom. The van der Waals surface area contributed by atoms with Gasteiger partial charge in [-0.3, -0.25) is 19.3 Å². The highest BCUT2D eigenvalue weighted by Gasteiger charge is 2.52. The zero-order valence-corrected chi connectivity index (χ0v) is 20.0. The van der Waals surface area contributed by atoms with E-state index in [9.17, 15) is 19.2 Å². The Morgan fingerprint density at radius 1 is 1.00 bits per heavy atom. The monoisotopic (exact) mass is 502 g/mol. The molecule has 2 aromatic carbocycles. The van der Waals surface area contributed by atoms with E-state index < -0.39 is 30.3 Å². The van der Waals surface area contributed by atoms with Gasteiger partial charge in [0.25, 0.3) is 5.91 Å². The maximum absolute atomic E-state index is 12.9. The highest BCUT2D eigenvalue weighted by atomic mass is 35.5. The number of benzene rings is 2. The second kappa shape index (κ2) is 10.2. The van der Waals surface area contributed by atoms with Crippen molar-refractivity contribution in [2.75, 3.05) is 16.8 Å². The molecule has 2 aromatic rings. The van der Waals surface area contributed by atoms with Crippen molar-refractivity contribution >= 4 is 58.3 Å². The highest BCUT2D eigenvalue weighted by Crippen LogP contribution is 2.43. The third-order valence-electron chi connectivity index (χ3n) is 6.23. The number of carbonyl (C=O) groups is 4. The molecule has 0 spiro atoms. The van der Waals surface area contributed by atoms with Crippen molar-refractivity contribution in [2.45, 2.75) is 36.9 Å². The van der Waals surface area contributed by atoms with Gasteiger partial charge in [-0.15, -0.1) is 23.2 Å². The highest BCUT2D eigenvalue weighted by molar-refractivity contribution is 6.31. The molecular formula is C25H24Cl2N2O5. The Labute approximate surface area is 207 Å². The Bertz CT molecular complexity index is 1090. The molecule has 0 unspecified atom stereocenters. The van der Waals surface area contributed by atoms with Crippen LogP contribution in [0.25, 0.3) is 0 Å². The lowest BCUT2D eigenvalue weighted by Crippen LogP contribution is -2.34. The normalized spacial score (nSPS) is 24.0. The van der Waals surface area contributed by atoms with Crippen LogP contribution in [0.15, 0.2) is 48.5 Å². The number of aryl methyl sites for hydroxylation is 1. The number of imide groups is 1. The molecule has 1 saturated carbocycles. The fourth-order valence-electron chi connectivity index (χ4n) is 4.36. The van der Waals surface area contributed by atoms with Crippen molar-refractivity contribution in [1.82, 2.24) is 0 Å². The van der Waals surface area contributed by atoms with Crippen molar-refractivity contribution in [3.8, 4) is 0 Å². The van der Waals surface area contributed by atoms with E-state index >= 15 is 0 Å². The summed E-state index contributed by atoms with van der Waals surface area (Å²) in [7, 11) is 0. The number of ether oxygens (including phenoxy) is 1. The van der Waals surface area contributed by atoms with Crippen LogP contribution in [0.1, 0.15) is 35.7 Å². The molecule has 0 aromatic heterocycles. The second-order valence-electron chi connectivity index (χ2n) is 8.45. The standard InChI is InChI=1S/C25H24Cl2N2O5/c1-2-14-6-8-16(9-7-14)28-22(30)13-34-25(33)15-4-3-5-17(10-15)29-23(31)18-11-20(26)21(27)12-19(18)24(29)32/h3-10,18-21H,2,11-13H2,1H3,(H,28,30)/t18-,19+,20+,21-. The first-order valence-electron chi connectivity index (χ1n) is 11.1. The van der Waals surface area contributed by atoms with E-state index in [0.717, 1.165) is 16.9 Å². The number of nitrogens with zero attached hydrogens (tertiary/aromatic N) is 1. The SMILES string of the molecule is CCc1ccc(NC(=O)COC(=O)c2cccc(N3C(=O)[C@H]4C[C@@H](Cl)[C@@H](Cl)C[C@H]4C3=O)c2)cc1. The minimum Gasteiger partial charge on any atom is -0.452 e. The molecule has 1 N–H and O–H groups in total. The first-order chi connectivity index (χ1) is 16.3. The van der Waals surface area contributed by atoms with Crippen LogP contribution in [0.3, 0.4) is 0 Å². The number of alkyl halides is 2. The molecule has 2 aliphatic rings. The van der Waals surface area contributed by atoms with Crippen LogP contribution in [0.5, 0.6) is 0 Å². The number of anilines is 2. The van der Waals surface area contributed by atoms with Gasteiger partial charge in [0, 0.05) is 5.69 Å². The second-order valence-corrected chi connectivity index (χ2v) is 9.57. The molecular weight excluding hydrogens is 479 g/mol.